The third-order valence-electron chi connectivity index (χ3n) is 3.14. The normalized spacial score (nSPS) is 11.2. The Morgan fingerprint density at radius 1 is 1.23 bits per heavy atom. The molecule has 0 radical (unpaired) electrons. The van der Waals surface area contributed by atoms with Crippen molar-refractivity contribution in [3.8, 4) is 5.75 Å². The van der Waals surface area contributed by atoms with Gasteiger partial charge in [0.15, 0.2) is 0 Å². The molecule has 2 aromatic carbocycles. The van der Waals surface area contributed by atoms with E-state index in [-0.39, 0.29) is 5.70 Å². The molecule has 2 rings (SSSR count). The smallest absolute Gasteiger partial charge is 0.352 e. The van der Waals surface area contributed by atoms with E-state index >= 15 is 0 Å². The molecule has 0 atom stereocenters. The third-order valence-corrected chi connectivity index (χ3v) is 4.99. The molecule has 0 aliphatic carbocycles. The molecule has 0 spiro atoms. The first-order valence-electron chi connectivity index (χ1n) is 7.35. The van der Waals surface area contributed by atoms with Crippen LogP contribution in [0.1, 0.15) is 18.1 Å². The van der Waals surface area contributed by atoms with E-state index in [4.69, 9.17) is 4.74 Å². The Morgan fingerprint density at radius 3 is 2.42 bits per heavy atom. The molecule has 1 amide bonds. The number of aliphatic carboxylic acids is 1. The number of amides is 1. The molecule has 136 valence electrons. The van der Waals surface area contributed by atoms with Gasteiger partial charge in [-0.25, -0.2) is 4.79 Å². The number of hydrogen-bond acceptors (Lipinski definition) is 3. The van der Waals surface area contributed by atoms with Gasteiger partial charge < -0.3 is 15.2 Å². The molecule has 0 unspecified atom stereocenters. The maximum absolute atomic E-state index is 11.2. The Morgan fingerprint density at radius 2 is 1.88 bits per heavy atom. The monoisotopic (exact) mass is 593 g/mol. The van der Waals surface area contributed by atoms with Crippen molar-refractivity contribution in [3.05, 3.63) is 65.7 Å². The maximum atomic E-state index is 11.2. The fourth-order valence-electron chi connectivity index (χ4n) is 2.09. The van der Waals surface area contributed by atoms with E-state index < -0.39 is 11.9 Å². The van der Waals surface area contributed by atoms with Crippen LogP contribution >= 0.6 is 54.5 Å². The lowest BCUT2D eigenvalue weighted by molar-refractivity contribution is -0.134. The predicted octanol–water partition coefficient (Wildman–Crippen LogP) is 4.96. The van der Waals surface area contributed by atoms with E-state index in [1.165, 1.54) is 13.0 Å². The number of ether oxygens (including phenoxy) is 1. The summed E-state index contributed by atoms with van der Waals surface area (Å²) in [5, 5.41) is 11.5. The number of carbonyl (C=O) groups is 2. The number of nitrogens with one attached hydrogen (secondary N) is 1. The zero-order valence-electron chi connectivity index (χ0n) is 13.6. The molecule has 0 aliphatic heterocycles. The van der Waals surface area contributed by atoms with Gasteiger partial charge in [0.05, 0.1) is 8.95 Å². The largest absolute Gasteiger partial charge is 0.487 e. The van der Waals surface area contributed by atoms with E-state index in [1.54, 1.807) is 12.1 Å². The van der Waals surface area contributed by atoms with Crippen molar-refractivity contribution in [1.29, 1.82) is 0 Å². The summed E-state index contributed by atoms with van der Waals surface area (Å²) in [6.07, 6.45) is 1.38. The van der Waals surface area contributed by atoms with Crippen LogP contribution in [-0.4, -0.2) is 17.0 Å². The number of carbonyl (C=O) groups excluding carboxylic acids is 1. The van der Waals surface area contributed by atoms with Crippen molar-refractivity contribution in [2.75, 3.05) is 0 Å². The maximum Gasteiger partial charge on any atom is 0.352 e. The lowest BCUT2D eigenvalue weighted by atomic mass is 10.2. The molecule has 0 heterocycles. The molecule has 0 bridgehead atoms. The second kappa shape index (κ2) is 9.52. The van der Waals surface area contributed by atoms with Gasteiger partial charge in [-0.3, -0.25) is 4.79 Å². The van der Waals surface area contributed by atoms with Gasteiger partial charge in [-0.15, -0.1) is 0 Å². The molecule has 8 heteroatoms. The molecule has 2 aromatic rings. The van der Waals surface area contributed by atoms with Gasteiger partial charge >= 0.3 is 5.97 Å². The van der Waals surface area contributed by atoms with E-state index in [2.05, 4.69) is 59.8 Å². The van der Waals surface area contributed by atoms with Crippen LogP contribution < -0.4 is 10.1 Å². The van der Waals surface area contributed by atoms with Gasteiger partial charge in [0.1, 0.15) is 18.1 Å². The molecule has 2 N–H and O–H groups in total. The van der Waals surface area contributed by atoms with Crippen LogP contribution in [0.2, 0.25) is 0 Å². The second-order valence-electron chi connectivity index (χ2n) is 5.28. The van der Waals surface area contributed by atoms with Crippen LogP contribution in [0.5, 0.6) is 5.75 Å². The van der Waals surface area contributed by atoms with Crippen LogP contribution in [0.15, 0.2) is 51.0 Å². The Hall–Kier alpha value is -1.39. The fourth-order valence-corrected chi connectivity index (χ4v) is 4.15. The molecule has 0 saturated carbocycles. The highest BCUT2D eigenvalue weighted by Crippen LogP contribution is 2.36. The number of carboxylic acids is 1. The SMILES string of the molecule is CC(=O)N/C(=C/c1cc(Br)c(OCc2cccc(I)c2)c(Br)c1)C(=O)O. The first-order chi connectivity index (χ1) is 12.3. The summed E-state index contributed by atoms with van der Waals surface area (Å²) >= 11 is 9.13. The van der Waals surface area contributed by atoms with E-state index in [0.29, 0.717) is 26.9 Å². The van der Waals surface area contributed by atoms with Gasteiger partial charge in [-0.05, 0) is 95.9 Å². The van der Waals surface area contributed by atoms with Crippen LogP contribution in [0.3, 0.4) is 0 Å². The molecule has 26 heavy (non-hydrogen) atoms. The molecule has 0 aliphatic rings. The minimum absolute atomic E-state index is 0.205. The van der Waals surface area contributed by atoms with E-state index in [1.807, 2.05) is 24.3 Å². The molecular weight excluding hydrogens is 581 g/mol. The van der Waals surface area contributed by atoms with Gasteiger partial charge in [0.25, 0.3) is 0 Å². The summed E-state index contributed by atoms with van der Waals surface area (Å²) in [6, 6.07) is 11.4. The lowest BCUT2D eigenvalue weighted by Gasteiger charge is -2.12. The fraction of sp³-hybridized carbons (Fsp3) is 0.111. The Labute approximate surface area is 181 Å². The quantitative estimate of drug-likeness (QED) is 0.366. The Balaban J connectivity index is 2.24. The Bertz CT molecular complexity index is 860. The van der Waals surface area contributed by atoms with Crippen molar-refractivity contribution in [3.63, 3.8) is 0 Å². The van der Waals surface area contributed by atoms with Gasteiger partial charge in [-0.1, -0.05) is 12.1 Å². The summed E-state index contributed by atoms with van der Waals surface area (Å²) in [5.74, 6) is -1.06. The highest BCUT2D eigenvalue weighted by molar-refractivity contribution is 14.1. The average molecular weight is 595 g/mol. The predicted molar refractivity (Wildman–Crippen MR) is 115 cm³/mol. The summed E-state index contributed by atoms with van der Waals surface area (Å²) in [5.41, 5.74) is 1.43. The van der Waals surface area contributed by atoms with Crippen molar-refractivity contribution < 1.29 is 19.4 Å². The first-order valence-corrected chi connectivity index (χ1v) is 10.0. The van der Waals surface area contributed by atoms with Crippen LogP contribution in [0, 0.1) is 3.57 Å². The van der Waals surface area contributed by atoms with Crippen molar-refractivity contribution in [2.45, 2.75) is 13.5 Å². The zero-order valence-corrected chi connectivity index (χ0v) is 18.9. The summed E-state index contributed by atoms with van der Waals surface area (Å²) in [6.45, 7) is 1.65. The van der Waals surface area contributed by atoms with Crippen molar-refractivity contribution in [1.82, 2.24) is 5.32 Å². The molecule has 0 aromatic heterocycles. The highest BCUT2D eigenvalue weighted by atomic mass is 127. The number of benzene rings is 2. The van der Waals surface area contributed by atoms with Gasteiger partial charge in [0.2, 0.25) is 5.91 Å². The minimum atomic E-state index is -1.22. The van der Waals surface area contributed by atoms with E-state index in [9.17, 15) is 14.7 Å². The van der Waals surface area contributed by atoms with Crippen LogP contribution in [-0.2, 0) is 16.2 Å². The van der Waals surface area contributed by atoms with Crippen LogP contribution in [0.25, 0.3) is 6.08 Å². The van der Waals surface area contributed by atoms with Crippen LogP contribution in [0.4, 0.5) is 0 Å². The first kappa shape index (κ1) is 20.9. The second-order valence-corrected chi connectivity index (χ2v) is 8.23. The van der Waals surface area contributed by atoms with Gasteiger partial charge in [0, 0.05) is 10.5 Å². The Kier molecular flexibility index (Phi) is 7.66. The summed E-state index contributed by atoms with van der Waals surface area (Å²) in [4.78, 5) is 22.4. The lowest BCUT2D eigenvalue weighted by Crippen LogP contribution is -2.24. The standard InChI is InChI=1S/C18H14Br2INO4/c1-10(23)22-16(18(24)25)8-12-6-14(19)17(15(20)7-12)26-9-11-3-2-4-13(21)5-11/h2-8H,9H2,1H3,(H,22,23)(H,24,25)/b16-8+. The van der Waals surface area contributed by atoms with Crippen molar-refractivity contribution in [2.24, 2.45) is 0 Å². The number of carboxylic acid groups (broad SMARTS) is 1. The third kappa shape index (κ3) is 6.10. The van der Waals surface area contributed by atoms with Crippen molar-refractivity contribution >= 4 is 72.4 Å². The highest BCUT2D eigenvalue weighted by Gasteiger charge is 2.12. The molecule has 0 saturated heterocycles. The summed E-state index contributed by atoms with van der Waals surface area (Å²) < 4.78 is 8.33. The van der Waals surface area contributed by atoms with Gasteiger partial charge in [-0.2, -0.15) is 0 Å². The molecule has 0 fully saturated rings. The topological polar surface area (TPSA) is 75.6 Å². The van der Waals surface area contributed by atoms with E-state index in [0.717, 1.165) is 9.13 Å². The average Bonchev–Trinajstić information content (AvgIpc) is 2.53. The molecule has 5 nitrogen and oxygen atoms in total. The number of rotatable bonds is 6. The number of halogens is 3. The molecular formula is C18H14Br2INO4. The zero-order chi connectivity index (χ0) is 19.3. The minimum Gasteiger partial charge on any atom is -0.487 e. The summed E-state index contributed by atoms with van der Waals surface area (Å²) in [7, 11) is 0. The number of hydrogen-bond donors (Lipinski definition) is 2.